The molecule has 0 aliphatic heterocycles. The Hall–Kier alpha value is -1.85. The molecule has 0 bridgehead atoms. The van der Waals surface area contributed by atoms with Gasteiger partial charge in [-0.15, -0.1) is 11.8 Å². The first-order chi connectivity index (χ1) is 10.2. The Morgan fingerprint density at radius 1 is 1.14 bits per heavy atom. The second-order valence-corrected chi connectivity index (χ2v) is 6.08. The van der Waals surface area contributed by atoms with E-state index in [0.29, 0.717) is 16.2 Å². The Bertz CT molecular complexity index is 824. The maximum absolute atomic E-state index is 14.0. The Morgan fingerprint density at radius 2 is 1.90 bits per heavy atom. The molecule has 0 aliphatic rings. The van der Waals surface area contributed by atoms with Gasteiger partial charge in [0.25, 0.3) is 0 Å². The number of hydrogen-bond acceptors (Lipinski definition) is 3. The van der Waals surface area contributed by atoms with Gasteiger partial charge in [0.2, 0.25) is 0 Å². The minimum absolute atomic E-state index is 0.0782. The van der Waals surface area contributed by atoms with Crippen LogP contribution in [0.3, 0.4) is 0 Å². The van der Waals surface area contributed by atoms with E-state index in [9.17, 15) is 9.18 Å². The predicted molar refractivity (Wildman–Crippen MR) is 87.1 cm³/mol. The molecule has 0 N–H and O–H groups in total. The number of para-hydroxylation sites is 1. The van der Waals surface area contributed by atoms with E-state index in [1.807, 2.05) is 42.7 Å². The summed E-state index contributed by atoms with van der Waals surface area (Å²) in [6, 6.07) is 14.4. The van der Waals surface area contributed by atoms with Crippen LogP contribution in [0.15, 0.2) is 63.6 Å². The highest BCUT2D eigenvalue weighted by atomic mass is 32.2. The first-order valence-electron chi connectivity index (χ1n) is 6.30. The second-order valence-electron chi connectivity index (χ2n) is 4.41. The predicted octanol–water partition coefficient (Wildman–Crippen LogP) is 4.43. The molecule has 2 nitrogen and oxygen atoms in total. The third kappa shape index (κ3) is 2.66. The first-order valence-corrected chi connectivity index (χ1v) is 8.41. The fraction of sp³-hybridized carbons (Fsp3) is 0.0625. The molecule has 5 heteroatoms. The Kier molecular flexibility index (Phi) is 3.94. The lowest BCUT2D eigenvalue weighted by molar-refractivity contribution is 0.602. The Balaban J connectivity index is 2.17. The minimum atomic E-state index is -0.265. The van der Waals surface area contributed by atoms with Crippen LogP contribution >= 0.6 is 23.1 Å². The molecule has 21 heavy (non-hydrogen) atoms. The summed E-state index contributed by atoms with van der Waals surface area (Å²) in [5.74, 6) is -0.265. The summed E-state index contributed by atoms with van der Waals surface area (Å²) in [6.07, 6.45) is 1.84. The van der Waals surface area contributed by atoms with E-state index in [0.717, 1.165) is 17.0 Å². The van der Waals surface area contributed by atoms with Crippen LogP contribution in [-0.2, 0) is 0 Å². The highest BCUT2D eigenvalue weighted by Gasteiger charge is 2.12. The monoisotopic (exact) mass is 317 g/mol. The van der Waals surface area contributed by atoms with Crippen molar-refractivity contribution >= 4 is 23.1 Å². The van der Waals surface area contributed by atoms with E-state index >= 15 is 0 Å². The topological polar surface area (TPSA) is 22.0 Å². The van der Waals surface area contributed by atoms with Gasteiger partial charge >= 0.3 is 4.87 Å². The zero-order valence-electron chi connectivity index (χ0n) is 11.2. The summed E-state index contributed by atoms with van der Waals surface area (Å²) in [5, 5.41) is 1.77. The molecule has 1 aromatic heterocycles. The van der Waals surface area contributed by atoms with E-state index < -0.39 is 0 Å². The van der Waals surface area contributed by atoms with Crippen molar-refractivity contribution in [1.29, 1.82) is 0 Å². The molecule has 0 radical (unpaired) electrons. The fourth-order valence-corrected chi connectivity index (χ4v) is 3.38. The van der Waals surface area contributed by atoms with Gasteiger partial charge in [0, 0.05) is 15.8 Å². The lowest BCUT2D eigenvalue weighted by Crippen LogP contribution is -2.11. The van der Waals surface area contributed by atoms with E-state index in [4.69, 9.17) is 0 Å². The molecule has 0 fully saturated rings. The Morgan fingerprint density at radius 3 is 2.57 bits per heavy atom. The van der Waals surface area contributed by atoms with Crippen LogP contribution < -0.4 is 4.87 Å². The molecule has 0 atom stereocenters. The molecule has 0 spiro atoms. The number of halogens is 1. The molecule has 106 valence electrons. The van der Waals surface area contributed by atoms with Crippen molar-refractivity contribution in [2.24, 2.45) is 0 Å². The number of aromatic nitrogens is 1. The molecular weight excluding hydrogens is 305 g/mol. The number of nitrogens with zero attached hydrogens (tertiary/aromatic N) is 1. The summed E-state index contributed by atoms with van der Waals surface area (Å²) in [4.78, 5) is 12.6. The average molecular weight is 317 g/mol. The van der Waals surface area contributed by atoms with Crippen molar-refractivity contribution in [3.8, 4) is 16.9 Å². The van der Waals surface area contributed by atoms with Gasteiger partial charge in [-0.05, 0) is 30.5 Å². The van der Waals surface area contributed by atoms with Gasteiger partial charge in [-0.25, -0.2) is 4.39 Å². The van der Waals surface area contributed by atoms with Crippen molar-refractivity contribution in [1.82, 2.24) is 4.57 Å². The van der Waals surface area contributed by atoms with Crippen LogP contribution in [-0.4, -0.2) is 10.8 Å². The third-order valence-electron chi connectivity index (χ3n) is 3.16. The van der Waals surface area contributed by atoms with E-state index in [2.05, 4.69) is 0 Å². The maximum Gasteiger partial charge on any atom is 0.312 e. The number of hydrogen-bond donors (Lipinski definition) is 0. The molecule has 3 rings (SSSR count). The SMILES string of the molecule is CSc1ccc(-c2csc(=O)n2-c2ccccc2)cc1F. The lowest BCUT2D eigenvalue weighted by Gasteiger charge is -2.08. The molecule has 0 unspecified atom stereocenters. The van der Waals surface area contributed by atoms with Crippen molar-refractivity contribution in [2.75, 3.05) is 6.26 Å². The minimum Gasteiger partial charge on any atom is -0.267 e. The summed E-state index contributed by atoms with van der Waals surface area (Å²) in [7, 11) is 0. The molecule has 0 saturated heterocycles. The van der Waals surface area contributed by atoms with Gasteiger partial charge in [-0.3, -0.25) is 9.36 Å². The first kappa shape index (κ1) is 14.1. The van der Waals surface area contributed by atoms with Gasteiger partial charge in [-0.1, -0.05) is 35.6 Å². The van der Waals surface area contributed by atoms with Gasteiger partial charge in [0.05, 0.1) is 11.4 Å². The molecule has 0 aliphatic carbocycles. The van der Waals surface area contributed by atoms with Crippen LogP contribution in [0.2, 0.25) is 0 Å². The van der Waals surface area contributed by atoms with Gasteiger partial charge in [0.15, 0.2) is 0 Å². The summed E-state index contributed by atoms with van der Waals surface area (Å²) < 4.78 is 15.6. The van der Waals surface area contributed by atoms with E-state index in [-0.39, 0.29) is 10.7 Å². The fourth-order valence-electron chi connectivity index (χ4n) is 2.15. The van der Waals surface area contributed by atoms with Crippen LogP contribution in [0.25, 0.3) is 16.9 Å². The van der Waals surface area contributed by atoms with Crippen molar-refractivity contribution in [3.63, 3.8) is 0 Å². The van der Waals surface area contributed by atoms with Crippen LogP contribution in [0.5, 0.6) is 0 Å². The third-order valence-corrected chi connectivity index (χ3v) is 4.65. The van der Waals surface area contributed by atoms with Gasteiger partial charge < -0.3 is 0 Å². The number of benzene rings is 2. The van der Waals surface area contributed by atoms with E-state index in [1.54, 1.807) is 16.0 Å². The molecule has 3 aromatic rings. The molecule has 0 saturated carbocycles. The molecule has 2 aromatic carbocycles. The maximum atomic E-state index is 14.0. The number of thioether (sulfide) groups is 1. The van der Waals surface area contributed by atoms with Crippen molar-refractivity contribution in [2.45, 2.75) is 4.90 Å². The van der Waals surface area contributed by atoms with Crippen LogP contribution in [0, 0.1) is 5.82 Å². The highest BCUT2D eigenvalue weighted by Crippen LogP contribution is 2.28. The standard InChI is InChI=1S/C16H12FNOS2/c1-20-15-8-7-11(9-13(15)17)14-10-21-16(19)18(14)12-5-3-2-4-6-12/h2-10H,1H3. The summed E-state index contributed by atoms with van der Waals surface area (Å²) in [5.41, 5.74) is 2.20. The molecular formula is C16H12FNOS2. The summed E-state index contributed by atoms with van der Waals surface area (Å²) in [6.45, 7) is 0. The second kappa shape index (κ2) is 5.87. The molecule has 0 amide bonds. The number of thiazole rings is 1. The quantitative estimate of drug-likeness (QED) is 0.667. The zero-order valence-corrected chi connectivity index (χ0v) is 12.9. The van der Waals surface area contributed by atoms with Crippen LogP contribution in [0.4, 0.5) is 4.39 Å². The lowest BCUT2D eigenvalue weighted by atomic mass is 10.1. The highest BCUT2D eigenvalue weighted by molar-refractivity contribution is 7.98. The van der Waals surface area contributed by atoms with Crippen LogP contribution in [0.1, 0.15) is 0 Å². The zero-order chi connectivity index (χ0) is 14.8. The van der Waals surface area contributed by atoms with E-state index in [1.165, 1.54) is 17.8 Å². The largest absolute Gasteiger partial charge is 0.312 e. The number of rotatable bonds is 3. The smallest absolute Gasteiger partial charge is 0.267 e. The van der Waals surface area contributed by atoms with Gasteiger partial charge in [0.1, 0.15) is 5.82 Å². The summed E-state index contributed by atoms with van der Waals surface area (Å²) >= 11 is 2.48. The normalized spacial score (nSPS) is 10.8. The van der Waals surface area contributed by atoms with Crippen molar-refractivity contribution < 1.29 is 4.39 Å². The Labute approximate surface area is 129 Å². The molecule has 1 heterocycles. The van der Waals surface area contributed by atoms with Crippen molar-refractivity contribution in [3.05, 3.63) is 69.4 Å². The average Bonchev–Trinajstić information content (AvgIpc) is 2.90. The van der Waals surface area contributed by atoms with Gasteiger partial charge in [-0.2, -0.15) is 0 Å².